The molecule has 9 rings (SSSR count). The minimum Gasteiger partial charge on any atom is -0.478 e. The summed E-state index contributed by atoms with van der Waals surface area (Å²) >= 11 is 6.60. The quantitative estimate of drug-likeness (QED) is 0.147. The first-order valence-electron chi connectivity index (χ1n) is 22.7. The zero-order valence-electron chi connectivity index (χ0n) is 37.1. The molecule has 0 radical (unpaired) electrons. The number of hydrogen-bond donors (Lipinski definition) is 3. The average Bonchev–Trinajstić information content (AvgIpc) is 3.53. The van der Waals surface area contributed by atoms with Gasteiger partial charge in [-0.15, -0.1) is 0 Å². The molecule has 16 nitrogen and oxygen atoms in total. The number of halogens is 2. The fourth-order valence-electron chi connectivity index (χ4n) is 10.3. The van der Waals surface area contributed by atoms with Gasteiger partial charge in [-0.25, -0.2) is 9.37 Å². The van der Waals surface area contributed by atoms with Crippen LogP contribution in [0.15, 0.2) is 47.4 Å². The third kappa shape index (κ3) is 8.77. The van der Waals surface area contributed by atoms with Crippen LogP contribution in [0.3, 0.4) is 0 Å². The van der Waals surface area contributed by atoms with Gasteiger partial charge in [0, 0.05) is 60.8 Å². The van der Waals surface area contributed by atoms with Gasteiger partial charge in [-0.1, -0.05) is 17.7 Å². The molecular weight excluding hydrogens is 857 g/mol. The van der Waals surface area contributed by atoms with Gasteiger partial charge in [0.1, 0.15) is 16.9 Å². The van der Waals surface area contributed by atoms with Gasteiger partial charge in [0.25, 0.3) is 17.4 Å². The van der Waals surface area contributed by atoms with Crippen molar-refractivity contribution in [1.29, 1.82) is 0 Å². The molecule has 5 aliphatic rings. The lowest BCUT2D eigenvalue weighted by atomic mass is 9.82. The van der Waals surface area contributed by atoms with Gasteiger partial charge >= 0.3 is 0 Å². The smallest absolute Gasteiger partial charge is 0.293 e. The molecular formula is C47H55ClFN9O7. The van der Waals surface area contributed by atoms with Crippen molar-refractivity contribution >= 4 is 63.6 Å². The third-order valence-electron chi connectivity index (χ3n) is 13.9. The van der Waals surface area contributed by atoms with Crippen LogP contribution in [0.5, 0.6) is 5.75 Å². The zero-order valence-corrected chi connectivity index (χ0v) is 37.8. The maximum absolute atomic E-state index is 16.3. The highest BCUT2D eigenvalue weighted by Crippen LogP contribution is 2.43. The molecule has 18 heteroatoms. The number of imide groups is 1. The van der Waals surface area contributed by atoms with Crippen LogP contribution in [-0.2, 0) is 19.1 Å². The van der Waals surface area contributed by atoms with Crippen LogP contribution in [-0.4, -0.2) is 112 Å². The SMILES string of the molecule is CNC(=O)COc1cc2cc(Nc3nc(N4CCC(OC5CC(N6CCC(c7ccc8c(c7F)[C@H](C)N(C7CCC(=O)NC7=O)C8=O)CC6)C5)CC4)ncc3Cl)ccc2n(C(C)C)c1=O. The molecule has 1 unspecified atom stereocenters. The highest BCUT2D eigenvalue weighted by Gasteiger charge is 2.45. The molecule has 2 aromatic heterocycles. The van der Waals surface area contributed by atoms with Crippen LogP contribution in [0, 0.1) is 5.82 Å². The molecule has 0 bridgehead atoms. The molecule has 2 atom stereocenters. The second-order valence-electron chi connectivity index (χ2n) is 18.2. The standard InChI is InChI=1S/C47H55ClFN9O7/c1-25(2)57-36-8-5-29(19-28(36)20-38(46(57)63)64-24-40(60)50-4)52-43-35(48)23-51-47(54-43)56-17-13-31(14-18-56)65-32-21-30(22-32)55-15-11-27(12-16-55)33-6-7-34-41(42(33)49)26(3)58(45(34)62)37-9-10-39(59)53-44(37)61/h5-8,19-20,23,25-27,30-32,37H,9-18,21-22,24H2,1-4H3,(H,50,60)(H,51,52,54)(H,53,59,61)/t26-,30?,32?,37?/m0/s1. The number of anilines is 3. The topological polar surface area (TPSA) is 180 Å². The lowest BCUT2D eigenvalue weighted by Gasteiger charge is -2.47. The monoisotopic (exact) mass is 911 g/mol. The number of likely N-dealkylation sites (tertiary alicyclic amines) is 1. The van der Waals surface area contributed by atoms with Gasteiger partial charge in [-0.2, -0.15) is 4.98 Å². The van der Waals surface area contributed by atoms with E-state index in [1.165, 1.54) is 11.9 Å². The summed E-state index contributed by atoms with van der Waals surface area (Å²) in [6, 6.07) is 9.63. The molecule has 0 spiro atoms. The number of aromatic nitrogens is 3. The Hall–Kier alpha value is -5.65. The Morgan fingerprint density at radius 3 is 2.45 bits per heavy atom. The molecule has 4 aromatic rings. The number of nitrogens with one attached hydrogen (secondary N) is 3. The number of hydrogen-bond acceptors (Lipinski definition) is 12. The van der Waals surface area contributed by atoms with E-state index >= 15 is 4.39 Å². The molecule has 4 aliphatic heterocycles. The van der Waals surface area contributed by atoms with Gasteiger partial charge in [-0.05, 0) is 121 Å². The fraction of sp³-hybridized carbons (Fsp3) is 0.511. The molecule has 3 saturated heterocycles. The van der Waals surface area contributed by atoms with Gasteiger partial charge in [0.15, 0.2) is 18.2 Å². The van der Waals surface area contributed by atoms with Gasteiger partial charge in [-0.3, -0.25) is 29.3 Å². The summed E-state index contributed by atoms with van der Waals surface area (Å²) in [4.78, 5) is 78.2. The number of amides is 4. The predicted octanol–water partition coefficient (Wildman–Crippen LogP) is 5.75. The first kappa shape index (κ1) is 44.5. The maximum atomic E-state index is 16.3. The predicted molar refractivity (Wildman–Crippen MR) is 242 cm³/mol. The summed E-state index contributed by atoms with van der Waals surface area (Å²) in [6.07, 6.45) is 7.59. The lowest BCUT2D eigenvalue weighted by Crippen LogP contribution is -2.53. The highest BCUT2D eigenvalue weighted by molar-refractivity contribution is 6.33. The van der Waals surface area contributed by atoms with E-state index in [1.807, 2.05) is 32.0 Å². The molecule has 4 fully saturated rings. The zero-order chi connectivity index (χ0) is 45.7. The number of pyridine rings is 1. The van der Waals surface area contributed by atoms with Crippen LogP contribution >= 0.6 is 11.6 Å². The summed E-state index contributed by atoms with van der Waals surface area (Å²) in [5, 5.41) is 9.25. The number of nitrogens with zero attached hydrogens (tertiary/aromatic N) is 6. The van der Waals surface area contributed by atoms with Crippen molar-refractivity contribution < 1.29 is 33.0 Å². The molecule has 65 heavy (non-hydrogen) atoms. The fourth-order valence-corrected chi connectivity index (χ4v) is 10.4. The molecule has 6 heterocycles. The Bertz CT molecular complexity index is 2590. The van der Waals surface area contributed by atoms with Crippen molar-refractivity contribution in [3.8, 4) is 5.75 Å². The van der Waals surface area contributed by atoms with Crippen molar-refractivity contribution in [2.24, 2.45) is 0 Å². The molecule has 4 amide bonds. The number of carbonyl (C=O) groups excluding carboxylic acids is 4. The summed E-state index contributed by atoms with van der Waals surface area (Å²) in [5.74, 6) is -0.755. The van der Waals surface area contributed by atoms with Gasteiger partial charge < -0.3 is 39.4 Å². The Balaban J connectivity index is 0.752. The Labute approximate surface area is 381 Å². The van der Waals surface area contributed by atoms with Crippen molar-refractivity contribution in [2.75, 3.05) is 50.1 Å². The number of piperidine rings is 3. The summed E-state index contributed by atoms with van der Waals surface area (Å²) in [6.45, 7) is 8.52. The van der Waals surface area contributed by atoms with E-state index in [0.29, 0.717) is 45.2 Å². The minimum absolute atomic E-state index is 0.0413. The van der Waals surface area contributed by atoms with Crippen molar-refractivity contribution in [2.45, 2.75) is 114 Å². The lowest BCUT2D eigenvalue weighted by molar-refractivity contribution is -0.137. The third-order valence-corrected chi connectivity index (χ3v) is 14.1. The second-order valence-corrected chi connectivity index (χ2v) is 18.6. The number of ether oxygens (including phenoxy) is 2. The average molecular weight is 912 g/mol. The van der Waals surface area contributed by atoms with Crippen LogP contribution in [0.25, 0.3) is 10.9 Å². The van der Waals surface area contributed by atoms with E-state index in [1.54, 1.807) is 35.9 Å². The first-order valence-corrected chi connectivity index (χ1v) is 23.1. The first-order chi connectivity index (χ1) is 31.3. The number of carbonyl (C=O) groups is 4. The maximum Gasteiger partial charge on any atom is 0.293 e. The minimum atomic E-state index is -0.792. The van der Waals surface area contributed by atoms with E-state index in [4.69, 9.17) is 26.1 Å². The molecule has 1 aliphatic carbocycles. The van der Waals surface area contributed by atoms with Gasteiger partial charge in [0.05, 0.1) is 30.0 Å². The molecule has 3 N–H and O–H groups in total. The Kier molecular flexibility index (Phi) is 12.6. The largest absolute Gasteiger partial charge is 0.478 e. The van der Waals surface area contributed by atoms with Crippen LogP contribution in [0.4, 0.5) is 21.8 Å². The summed E-state index contributed by atoms with van der Waals surface area (Å²) in [5.41, 5.74) is 2.41. The Morgan fingerprint density at radius 2 is 1.74 bits per heavy atom. The normalized spacial score (nSPS) is 23.2. The van der Waals surface area contributed by atoms with E-state index in [-0.39, 0.29) is 78.5 Å². The van der Waals surface area contributed by atoms with Crippen LogP contribution in [0.2, 0.25) is 5.02 Å². The van der Waals surface area contributed by atoms with Crippen LogP contribution < -0.4 is 31.1 Å². The summed E-state index contributed by atoms with van der Waals surface area (Å²) < 4.78 is 30.1. The number of rotatable bonds is 12. The van der Waals surface area contributed by atoms with E-state index in [9.17, 15) is 24.0 Å². The van der Waals surface area contributed by atoms with Gasteiger partial charge in [0.2, 0.25) is 17.8 Å². The number of benzene rings is 2. The van der Waals surface area contributed by atoms with Crippen LogP contribution in [0.1, 0.15) is 112 Å². The number of fused-ring (bicyclic) bond motifs is 2. The van der Waals surface area contributed by atoms with E-state index < -0.39 is 18.0 Å². The highest BCUT2D eigenvalue weighted by atomic mass is 35.5. The van der Waals surface area contributed by atoms with Crippen molar-refractivity contribution in [1.82, 2.24) is 35.0 Å². The second kappa shape index (κ2) is 18.3. The molecule has 1 saturated carbocycles. The Morgan fingerprint density at radius 1 is 0.985 bits per heavy atom. The molecule has 2 aromatic carbocycles. The molecule has 344 valence electrons. The van der Waals surface area contributed by atoms with E-state index in [2.05, 4.69) is 30.7 Å². The number of likely N-dealkylation sites (N-methyl/N-ethyl adjacent to an activating group) is 1. The van der Waals surface area contributed by atoms with Crippen molar-refractivity contribution in [3.63, 3.8) is 0 Å². The van der Waals surface area contributed by atoms with E-state index in [0.717, 1.165) is 75.6 Å². The summed E-state index contributed by atoms with van der Waals surface area (Å²) in [7, 11) is 1.51. The van der Waals surface area contributed by atoms with Crippen molar-refractivity contribution in [3.05, 3.63) is 80.5 Å².